The molecular weight excluding hydrogens is 398 g/mol. The van der Waals surface area contributed by atoms with Crippen molar-refractivity contribution >= 4 is 52.4 Å². The summed E-state index contributed by atoms with van der Waals surface area (Å²) < 4.78 is 4.60. The minimum absolute atomic E-state index is 0.201. The van der Waals surface area contributed by atoms with Gasteiger partial charge in [0.05, 0.1) is 29.4 Å². The first-order valence-electron chi connectivity index (χ1n) is 9.29. The average molecular weight is 420 g/mol. The molecule has 8 nitrogen and oxygen atoms in total. The van der Waals surface area contributed by atoms with Crippen LogP contribution in [0.3, 0.4) is 0 Å². The van der Waals surface area contributed by atoms with E-state index in [2.05, 4.69) is 20.4 Å². The number of benzene rings is 1. The lowest BCUT2D eigenvalue weighted by Crippen LogP contribution is -2.25. The lowest BCUT2D eigenvalue weighted by Gasteiger charge is -2.18. The third-order valence-electron chi connectivity index (χ3n) is 5.09. The number of aliphatic carboxylic acids is 1. The van der Waals surface area contributed by atoms with Gasteiger partial charge in [0.25, 0.3) is 0 Å². The number of nitrogens with zero attached hydrogens (tertiary/aromatic N) is 1. The van der Waals surface area contributed by atoms with Crippen LogP contribution in [-0.4, -0.2) is 35.9 Å². The summed E-state index contributed by atoms with van der Waals surface area (Å²) in [6.07, 6.45) is 1.15. The first-order chi connectivity index (χ1) is 13.8. The van der Waals surface area contributed by atoms with E-state index >= 15 is 0 Å². The maximum atomic E-state index is 12.7. The highest BCUT2D eigenvalue weighted by molar-refractivity contribution is 6.36. The Morgan fingerprint density at radius 1 is 1.34 bits per heavy atom. The Bertz CT molecular complexity index is 925. The summed E-state index contributed by atoms with van der Waals surface area (Å²) in [6, 6.07) is 4.91. The highest BCUT2D eigenvalue weighted by Gasteiger charge is 2.31. The Hall–Kier alpha value is -2.87. The number of hydrogen-bond acceptors (Lipinski definition) is 5. The molecule has 3 N–H and O–H groups in total. The molecular formula is C20H22ClN3O5. The first kappa shape index (κ1) is 20.9. The fraction of sp³-hybridized carbons (Fsp3) is 0.400. The molecule has 0 aliphatic carbocycles. The van der Waals surface area contributed by atoms with Crippen LogP contribution in [0.1, 0.15) is 38.2 Å². The van der Waals surface area contributed by atoms with Crippen molar-refractivity contribution in [2.75, 3.05) is 17.7 Å². The molecule has 0 saturated heterocycles. The molecule has 1 aromatic rings. The number of carboxylic acid groups (broad SMARTS) is 1. The molecule has 2 atom stereocenters. The van der Waals surface area contributed by atoms with E-state index in [1.54, 1.807) is 25.1 Å². The summed E-state index contributed by atoms with van der Waals surface area (Å²) in [5, 5.41) is 15.5. The predicted molar refractivity (Wildman–Crippen MR) is 110 cm³/mol. The van der Waals surface area contributed by atoms with Gasteiger partial charge in [-0.25, -0.2) is 4.79 Å². The molecule has 2 amide bonds. The van der Waals surface area contributed by atoms with Gasteiger partial charge in [-0.3, -0.25) is 19.9 Å². The number of hydrogen-bond donors (Lipinski definition) is 3. The number of carbonyl (C=O) groups is 3. The van der Waals surface area contributed by atoms with E-state index in [0.29, 0.717) is 52.6 Å². The summed E-state index contributed by atoms with van der Waals surface area (Å²) in [7, 11) is 1.25. The highest BCUT2D eigenvalue weighted by Crippen LogP contribution is 2.39. The SMILES string of the molecule is COC(=O)Nc1ccc2c(c1)NC(=O)[C@H](C)CCCC(C(=O)O)C1=NC2=C(Cl)C1. The minimum atomic E-state index is -0.943. The van der Waals surface area contributed by atoms with Crippen LogP contribution in [-0.2, 0) is 14.3 Å². The number of halogens is 1. The topological polar surface area (TPSA) is 117 Å². The number of fused-ring (bicyclic) bond motifs is 3. The lowest BCUT2D eigenvalue weighted by molar-refractivity contribution is -0.139. The third-order valence-corrected chi connectivity index (χ3v) is 5.40. The summed E-state index contributed by atoms with van der Waals surface area (Å²) in [4.78, 5) is 40.5. The van der Waals surface area contributed by atoms with Crippen LogP contribution in [0.15, 0.2) is 28.2 Å². The maximum absolute atomic E-state index is 12.7. The molecule has 29 heavy (non-hydrogen) atoms. The third kappa shape index (κ3) is 4.59. The molecule has 0 fully saturated rings. The van der Waals surface area contributed by atoms with Crippen LogP contribution in [0.25, 0.3) is 5.70 Å². The Morgan fingerprint density at radius 2 is 2.10 bits per heavy atom. The summed E-state index contributed by atoms with van der Waals surface area (Å²) in [5.41, 5.74) is 2.37. The van der Waals surface area contributed by atoms with E-state index in [-0.39, 0.29) is 18.2 Å². The van der Waals surface area contributed by atoms with Crippen LogP contribution in [0.2, 0.25) is 0 Å². The second-order valence-electron chi connectivity index (χ2n) is 7.12. The van der Waals surface area contributed by atoms with Gasteiger partial charge < -0.3 is 15.2 Å². The number of methoxy groups -OCH3 is 1. The molecule has 154 valence electrons. The summed E-state index contributed by atoms with van der Waals surface area (Å²) >= 11 is 6.43. The van der Waals surface area contributed by atoms with Crippen LogP contribution in [0.4, 0.5) is 16.2 Å². The van der Waals surface area contributed by atoms with Crippen molar-refractivity contribution in [2.45, 2.75) is 32.6 Å². The highest BCUT2D eigenvalue weighted by atomic mass is 35.5. The molecule has 1 unspecified atom stereocenters. The van der Waals surface area contributed by atoms with Crippen LogP contribution in [0, 0.1) is 11.8 Å². The van der Waals surface area contributed by atoms with E-state index in [0.717, 1.165) is 0 Å². The van der Waals surface area contributed by atoms with E-state index in [1.165, 1.54) is 7.11 Å². The standard InChI is InChI=1S/C20H22ClN3O5/c1-10-4-3-5-13(19(26)27)16-9-14(21)17(23-16)12-7-6-11(22-20(28)29-2)8-15(12)24-18(10)25/h6-8,10,13H,3-5,9H2,1-2H3,(H,22,28)(H,24,25)(H,26,27)/t10-,13?/m1/s1. The van der Waals surface area contributed by atoms with Gasteiger partial charge in [0.1, 0.15) is 0 Å². The fourth-order valence-corrected chi connectivity index (χ4v) is 3.72. The Balaban J connectivity index is 2.08. The number of nitrogens with one attached hydrogen (secondary N) is 2. The largest absolute Gasteiger partial charge is 0.481 e. The Kier molecular flexibility index (Phi) is 6.22. The zero-order valence-corrected chi connectivity index (χ0v) is 16.9. The number of rotatable bonds is 2. The van der Waals surface area contributed by atoms with E-state index in [1.807, 2.05) is 0 Å². The first-order valence-corrected chi connectivity index (χ1v) is 9.67. The van der Waals surface area contributed by atoms with Crippen molar-refractivity contribution in [3.05, 3.63) is 28.8 Å². The fourth-order valence-electron chi connectivity index (χ4n) is 3.44. The second-order valence-corrected chi connectivity index (χ2v) is 7.58. The number of allylic oxidation sites excluding steroid dienone is 1. The van der Waals surface area contributed by atoms with Gasteiger partial charge in [-0.15, -0.1) is 0 Å². The van der Waals surface area contributed by atoms with Crippen molar-refractivity contribution in [2.24, 2.45) is 16.8 Å². The number of amides is 2. The number of carbonyl (C=O) groups excluding carboxylic acids is 2. The van der Waals surface area contributed by atoms with E-state index in [4.69, 9.17) is 11.6 Å². The quantitative estimate of drug-likeness (QED) is 0.667. The molecule has 0 aromatic heterocycles. The van der Waals surface area contributed by atoms with Crippen molar-refractivity contribution in [3.8, 4) is 0 Å². The minimum Gasteiger partial charge on any atom is -0.481 e. The summed E-state index contributed by atoms with van der Waals surface area (Å²) in [6.45, 7) is 1.80. The van der Waals surface area contributed by atoms with Crippen LogP contribution in [0.5, 0.6) is 0 Å². The van der Waals surface area contributed by atoms with E-state index < -0.39 is 18.0 Å². The molecule has 1 aromatic carbocycles. The van der Waals surface area contributed by atoms with Crippen molar-refractivity contribution in [3.63, 3.8) is 0 Å². The van der Waals surface area contributed by atoms with Crippen molar-refractivity contribution < 1.29 is 24.2 Å². The summed E-state index contributed by atoms with van der Waals surface area (Å²) in [5.74, 6) is -2.19. The molecule has 2 aliphatic heterocycles. The van der Waals surface area contributed by atoms with Gasteiger partial charge in [-0.05, 0) is 31.0 Å². The number of aliphatic imine (C=N–C) groups is 1. The van der Waals surface area contributed by atoms with Gasteiger partial charge in [0.15, 0.2) is 0 Å². The molecule has 2 bridgehead atoms. The lowest BCUT2D eigenvalue weighted by atomic mass is 9.92. The molecule has 2 aliphatic rings. The number of ether oxygens (including phenoxy) is 1. The smallest absolute Gasteiger partial charge is 0.411 e. The maximum Gasteiger partial charge on any atom is 0.411 e. The zero-order chi connectivity index (χ0) is 21.1. The molecule has 0 spiro atoms. The zero-order valence-electron chi connectivity index (χ0n) is 16.1. The van der Waals surface area contributed by atoms with Gasteiger partial charge in [-0.2, -0.15) is 0 Å². The normalized spacial score (nSPS) is 21.9. The van der Waals surface area contributed by atoms with E-state index in [9.17, 15) is 19.5 Å². The molecule has 0 saturated carbocycles. The molecule has 9 heteroatoms. The number of carboxylic acids is 1. The van der Waals surface area contributed by atoms with Gasteiger partial charge in [-0.1, -0.05) is 24.9 Å². The second kappa shape index (κ2) is 8.65. The van der Waals surface area contributed by atoms with Crippen molar-refractivity contribution in [1.82, 2.24) is 0 Å². The van der Waals surface area contributed by atoms with Gasteiger partial charge >= 0.3 is 12.1 Å². The average Bonchev–Trinajstić information content (AvgIpc) is 3.05. The predicted octanol–water partition coefficient (Wildman–Crippen LogP) is 4.08. The Morgan fingerprint density at radius 3 is 2.79 bits per heavy atom. The number of anilines is 2. The van der Waals surface area contributed by atoms with Crippen LogP contribution < -0.4 is 10.6 Å². The molecule has 3 rings (SSSR count). The van der Waals surface area contributed by atoms with Crippen LogP contribution >= 0.6 is 11.6 Å². The molecule has 0 radical (unpaired) electrons. The molecule has 2 heterocycles. The Labute approximate surface area is 173 Å². The van der Waals surface area contributed by atoms with Crippen molar-refractivity contribution in [1.29, 1.82) is 0 Å². The van der Waals surface area contributed by atoms with Gasteiger partial charge in [0, 0.05) is 29.3 Å². The monoisotopic (exact) mass is 419 g/mol. The van der Waals surface area contributed by atoms with Gasteiger partial charge in [0.2, 0.25) is 5.91 Å².